The van der Waals surface area contributed by atoms with Gasteiger partial charge in [-0.1, -0.05) is 6.07 Å². The summed E-state index contributed by atoms with van der Waals surface area (Å²) in [5.41, 5.74) is 1.27. The van der Waals surface area contributed by atoms with Crippen molar-refractivity contribution in [3.05, 3.63) is 53.3 Å². The number of methoxy groups -OCH3 is 4. The van der Waals surface area contributed by atoms with Crippen molar-refractivity contribution in [1.82, 2.24) is 0 Å². The van der Waals surface area contributed by atoms with Crippen LogP contribution in [0.3, 0.4) is 0 Å². The van der Waals surface area contributed by atoms with Crippen molar-refractivity contribution < 1.29 is 51.7 Å². The lowest BCUT2D eigenvalue weighted by atomic mass is 9.82. The fraction of sp³-hybridized carbons (Fsp3) is 0.333. The van der Waals surface area contributed by atoms with Crippen LogP contribution in [0, 0.1) is 0 Å². The van der Waals surface area contributed by atoms with E-state index >= 15 is 0 Å². The van der Waals surface area contributed by atoms with Gasteiger partial charge in [0.05, 0.1) is 39.4 Å². The van der Waals surface area contributed by atoms with E-state index in [1.165, 1.54) is 0 Å². The minimum Gasteiger partial charge on any atom is -0.542 e. The number of aromatic nitrogens is 1. The first kappa shape index (κ1) is 25.9. The van der Waals surface area contributed by atoms with E-state index in [-0.39, 0.29) is 0 Å². The Bertz CT molecular complexity index is 1270. The van der Waals surface area contributed by atoms with Gasteiger partial charge in [0.15, 0.2) is 41.3 Å². The van der Waals surface area contributed by atoms with Crippen LogP contribution >= 0.6 is 0 Å². The van der Waals surface area contributed by atoms with E-state index in [0.29, 0.717) is 29.5 Å². The summed E-state index contributed by atoms with van der Waals surface area (Å²) < 4.78 is 55.6. The van der Waals surface area contributed by atoms with Crippen molar-refractivity contribution in [3.63, 3.8) is 0 Å². The van der Waals surface area contributed by atoms with Gasteiger partial charge in [0.25, 0.3) is 0 Å². The van der Waals surface area contributed by atoms with Crippen LogP contribution in [0.4, 0.5) is 13.2 Å². The number of hydrogen-bond donors (Lipinski definition) is 1. The van der Waals surface area contributed by atoms with E-state index in [1.807, 2.05) is 41.1 Å². The van der Waals surface area contributed by atoms with Crippen LogP contribution in [-0.2, 0) is 16.9 Å². The van der Waals surface area contributed by atoms with Gasteiger partial charge in [-0.15, -0.1) is 0 Å². The number of carbonyl (C=O) groups excluding carboxylic acids is 1. The first-order valence-electron chi connectivity index (χ1n) is 10.2. The number of alkyl halides is 3. The molecule has 0 radical (unpaired) electrons. The van der Waals surface area contributed by atoms with Gasteiger partial charge in [0, 0.05) is 11.6 Å². The molecule has 1 aromatic heterocycles. The molecule has 0 unspecified atom stereocenters. The Morgan fingerprint density at radius 1 is 1.00 bits per heavy atom. The average Bonchev–Trinajstić information content (AvgIpc) is 2.81. The molecular formula is C24H24F3NO7. The van der Waals surface area contributed by atoms with Crippen molar-refractivity contribution in [2.24, 2.45) is 0 Å². The summed E-state index contributed by atoms with van der Waals surface area (Å²) in [4.78, 5) is 8.78. The Morgan fingerprint density at radius 2 is 1.57 bits per heavy atom. The highest BCUT2D eigenvalue weighted by Crippen LogP contribution is 2.44. The smallest absolute Gasteiger partial charge is 0.430 e. The van der Waals surface area contributed by atoms with Crippen molar-refractivity contribution >= 4 is 16.7 Å². The normalized spacial score (nSPS) is 16.4. The number of halogens is 3. The molecule has 0 bridgehead atoms. The van der Waals surface area contributed by atoms with Gasteiger partial charge in [-0.25, -0.2) is 0 Å². The topological polar surface area (TPSA) is 101 Å². The molecule has 0 saturated carbocycles. The molecule has 0 saturated heterocycles. The first-order chi connectivity index (χ1) is 16.4. The number of carboxylic acid groups (broad SMARTS) is 1. The summed E-state index contributed by atoms with van der Waals surface area (Å²) in [5.74, 6) is -0.438. The van der Waals surface area contributed by atoms with E-state index in [1.54, 1.807) is 35.4 Å². The zero-order chi connectivity index (χ0) is 26.1. The van der Waals surface area contributed by atoms with Gasteiger partial charge in [-0.3, -0.25) is 0 Å². The predicted molar refractivity (Wildman–Crippen MR) is 116 cm³/mol. The lowest BCUT2D eigenvalue weighted by molar-refractivity contribution is -0.703. The highest BCUT2D eigenvalue weighted by Gasteiger charge is 2.44. The molecule has 3 aromatic rings. The number of hydrogen-bond acceptors (Lipinski definition) is 7. The highest BCUT2D eigenvalue weighted by molar-refractivity contribution is 5.88. The van der Waals surface area contributed by atoms with E-state index in [2.05, 4.69) is 0 Å². The molecule has 0 aliphatic carbocycles. The number of benzene rings is 2. The third-order valence-corrected chi connectivity index (χ3v) is 5.73. The fourth-order valence-corrected chi connectivity index (χ4v) is 4.21. The number of aliphatic hydroxyl groups is 1. The summed E-state index contributed by atoms with van der Waals surface area (Å²) >= 11 is 0. The molecule has 1 aliphatic heterocycles. The standard InChI is InChI=1S/C22H24NO5.C2HF3O2/c1-22(24)16-6-7-17(25-2)20(28-5)15(16)12-23-9-8-13-10-18(26-3)19(27-4)11-14(13)21(22)23;3-2(4,5)1(6)7/h6-11,24H,12H2,1-5H3;(H,6,7)/q+1;/p-1/t22-;/m1./s1. The lowest BCUT2D eigenvalue weighted by Gasteiger charge is -2.31. The van der Waals surface area contributed by atoms with Crippen LogP contribution in [0.15, 0.2) is 36.5 Å². The minimum absolute atomic E-state index is 0.561. The summed E-state index contributed by atoms with van der Waals surface area (Å²) in [7, 11) is 6.45. The van der Waals surface area contributed by atoms with Gasteiger partial charge in [-0.05, 0) is 30.5 Å². The second-order valence-electron chi connectivity index (χ2n) is 7.77. The Morgan fingerprint density at radius 3 is 2.09 bits per heavy atom. The fourth-order valence-electron chi connectivity index (χ4n) is 4.21. The number of ether oxygens (including phenoxy) is 4. The largest absolute Gasteiger partial charge is 0.542 e. The highest BCUT2D eigenvalue weighted by atomic mass is 19.4. The number of aliphatic carboxylic acids is 1. The third kappa shape index (κ3) is 4.63. The minimum atomic E-state index is -5.19. The zero-order valence-electron chi connectivity index (χ0n) is 19.6. The van der Waals surface area contributed by atoms with Gasteiger partial charge in [0.1, 0.15) is 5.97 Å². The Kier molecular flexibility index (Phi) is 7.02. The van der Waals surface area contributed by atoms with Crippen molar-refractivity contribution in [1.29, 1.82) is 0 Å². The Balaban J connectivity index is 0.000000429. The maximum absolute atomic E-state index is 11.7. The SMILES string of the molecule is COc1cc2cc[n+]3c(c2cc1OC)[C@](C)(O)c1ccc(OC)c(OC)c1C3.O=C([O-])C(F)(F)F. The third-order valence-electron chi connectivity index (χ3n) is 5.73. The molecule has 0 amide bonds. The van der Waals surface area contributed by atoms with E-state index in [4.69, 9.17) is 28.8 Å². The van der Waals surface area contributed by atoms with Crippen LogP contribution in [0.1, 0.15) is 23.7 Å². The molecular weight excluding hydrogens is 471 g/mol. The van der Waals surface area contributed by atoms with Crippen LogP contribution in [-0.4, -0.2) is 45.7 Å². The van der Waals surface area contributed by atoms with E-state index in [0.717, 1.165) is 27.6 Å². The predicted octanol–water partition coefficient (Wildman–Crippen LogP) is 2.08. The number of fused-ring (bicyclic) bond motifs is 4. The van der Waals surface area contributed by atoms with E-state index < -0.39 is 17.7 Å². The number of pyridine rings is 1. The monoisotopic (exact) mass is 495 g/mol. The van der Waals surface area contributed by atoms with Crippen LogP contribution in [0.2, 0.25) is 0 Å². The molecule has 0 spiro atoms. The van der Waals surface area contributed by atoms with Gasteiger partial charge in [-0.2, -0.15) is 17.7 Å². The molecule has 2 aromatic carbocycles. The first-order valence-corrected chi connectivity index (χ1v) is 10.2. The van der Waals surface area contributed by atoms with Gasteiger partial charge < -0.3 is 34.0 Å². The Labute approximate surface area is 199 Å². The maximum atomic E-state index is 11.7. The van der Waals surface area contributed by atoms with Crippen LogP contribution in [0.25, 0.3) is 10.8 Å². The van der Waals surface area contributed by atoms with E-state index in [9.17, 15) is 18.3 Å². The molecule has 1 N–H and O–H groups in total. The number of nitrogens with zero attached hydrogens (tertiary/aromatic N) is 1. The molecule has 1 atom stereocenters. The molecule has 8 nitrogen and oxygen atoms in total. The quantitative estimate of drug-likeness (QED) is 0.553. The van der Waals surface area contributed by atoms with Crippen LogP contribution in [0.5, 0.6) is 23.0 Å². The summed E-state index contributed by atoms with van der Waals surface area (Å²) in [6.07, 6.45) is -3.22. The average molecular weight is 495 g/mol. The van der Waals surface area contributed by atoms with Crippen molar-refractivity contribution in [3.8, 4) is 23.0 Å². The lowest BCUT2D eigenvalue weighted by Crippen LogP contribution is -2.50. The Hall–Kier alpha value is -3.73. The molecule has 0 fully saturated rings. The van der Waals surface area contributed by atoms with Gasteiger partial charge in [0.2, 0.25) is 5.69 Å². The van der Waals surface area contributed by atoms with Crippen LogP contribution < -0.4 is 28.6 Å². The molecule has 4 rings (SSSR count). The maximum Gasteiger partial charge on any atom is 0.430 e. The second kappa shape index (κ2) is 9.49. The second-order valence-corrected chi connectivity index (χ2v) is 7.77. The zero-order valence-corrected chi connectivity index (χ0v) is 19.6. The van der Waals surface area contributed by atoms with Crippen molar-refractivity contribution in [2.45, 2.75) is 25.2 Å². The summed E-state index contributed by atoms with van der Waals surface area (Å²) in [5, 5.41) is 22.3. The number of carboxylic acids is 1. The van der Waals surface area contributed by atoms with Gasteiger partial charge >= 0.3 is 6.18 Å². The molecule has 35 heavy (non-hydrogen) atoms. The van der Waals surface area contributed by atoms with Crippen molar-refractivity contribution in [2.75, 3.05) is 28.4 Å². The molecule has 1 aliphatic rings. The molecule has 188 valence electrons. The molecule has 11 heteroatoms. The summed E-state index contributed by atoms with van der Waals surface area (Å²) in [6.45, 7) is 2.37. The summed E-state index contributed by atoms with van der Waals surface area (Å²) in [6, 6.07) is 9.58. The molecule has 2 heterocycles. The number of carbonyl (C=O) groups is 1. The number of rotatable bonds is 4.